The molecular weight excluding hydrogens is 476 g/mol. The van der Waals surface area contributed by atoms with Crippen molar-refractivity contribution in [2.24, 2.45) is 10.8 Å². The van der Waals surface area contributed by atoms with E-state index >= 15 is 0 Å². The van der Waals surface area contributed by atoms with E-state index < -0.39 is 0 Å². The first kappa shape index (κ1) is 24.5. The first-order valence-corrected chi connectivity index (χ1v) is 14.5. The lowest BCUT2D eigenvalue weighted by atomic mass is 9.55. The van der Waals surface area contributed by atoms with Crippen LogP contribution in [0.2, 0.25) is 0 Å². The second kappa shape index (κ2) is 8.49. The molecule has 2 aromatic heterocycles. The lowest BCUT2D eigenvalue weighted by Crippen LogP contribution is -2.73. The van der Waals surface area contributed by atoms with Gasteiger partial charge in [-0.15, -0.1) is 0 Å². The zero-order valence-electron chi connectivity index (χ0n) is 23.5. The topological polar surface area (TPSA) is 95.2 Å². The van der Waals surface area contributed by atoms with E-state index in [-0.39, 0.29) is 0 Å². The van der Waals surface area contributed by atoms with Crippen molar-refractivity contribution < 1.29 is 4.74 Å². The van der Waals surface area contributed by atoms with Crippen LogP contribution in [0.3, 0.4) is 0 Å². The van der Waals surface area contributed by atoms with Crippen LogP contribution in [0.1, 0.15) is 73.9 Å². The Morgan fingerprint density at radius 2 is 1.76 bits per heavy atom. The van der Waals surface area contributed by atoms with Crippen molar-refractivity contribution in [3.63, 3.8) is 0 Å². The van der Waals surface area contributed by atoms with Crippen LogP contribution in [0, 0.1) is 30.1 Å². The lowest BCUT2D eigenvalue weighted by Gasteiger charge is -2.66. The van der Waals surface area contributed by atoms with Crippen LogP contribution in [0.5, 0.6) is 0 Å². The summed E-state index contributed by atoms with van der Waals surface area (Å²) in [5.74, 6) is 1.60. The van der Waals surface area contributed by atoms with Gasteiger partial charge in [-0.1, -0.05) is 0 Å². The minimum Gasteiger partial charge on any atom is -0.383 e. The highest BCUT2D eigenvalue weighted by molar-refractivity contribution is 6.01. The number of aromatic nitrogens is 4. The van der Waals surface area contributed by atoms with Crippen molar-refractivity contribution in [1.29, 1.82) is 5.41 Å². The maximum atomic E-state index is 8.21. The number of likely N-dealkylation sites (tertiary alicyclic amines) is 1. The van der Waals surface area contributed by atoms with E-state index in [4.69, 9.17) is 20.2 Å². The van der Waals surface area contributed by atoms with Crippen molar-refractivity contribution in [1.82, 2.24) is 24.6 Å². The Kier molecular flexibility index (Phi) is 5.48. The van der Waals surface area contributed by atoms with E-state index in [1.165, 1.54) is 62.9 Å². The highest BCUT2D eigenvalue weighted by atomic mass is 16.5. The van der Waals surface area contributed by atoms with Crippen LogP contribution in [-0.2, 0) is 24.2 Å². The Morgan fingerprint density at radius 3 is 2.37 bits per heavy atom. The molecule has 9 heteroatoms. The van der Waals surface area contributed by atoms with Crippen LogP contribution in [-0.4, -0.2) is 75.8 Å². The van der Waals surface area contributed by atoms with Gasteiger partial charge in [-0.05, 0) is 64.7 Å². The molecule has 6 aliphatic rings. The fourth-order valence-electron chi connectivity index (χ4n) is 8.21. The molecule has 0 atom stereocenters. The Bertz CT molecular complexity index is 1260. The second-order valence-electron chi connectivity index (χ2n) is 13.1. The zero-order chi connectivity index (χ0) is 26.3. The van der Waals surface area contributed by atoms with E-state index in [2.05, 4.69) is 31.7 Å². The van der Waals surface area contributed by atoms with Gasteiger partial charge in [-0.3, -0.25) is 9.58 Å². The second-order valence-corrected chi connectivity index (χ2v) is 13.1. The molecule has 5 fully saturated rings. The normalized spacial score (nSPS) is 29.6. The lowest BCUT2D eigenvalue weighted by molar-refractivity contribution is -0.229. The minimum absolute atomic E-state index is 0.409. The summed E-state index contributed by atoms with van der Waals surface area (Å²) in [6.45, 7) is 13.2. The quantitative estimate of drug-likeness (QED) is 0.563. The van der Waals surface area contributed by atoms with Crippen molar-refractivity contribution in [2.75, 3.05) is 50.1 Å². The molecule has 2 aromatic rings. The Morgan fingerprint density at radius 1 is 1.05 bits per heavy atom. The molecule has 5 heterocycles. The van der Waals surface area contributed by atoms with Crippen LogP contribution >= 0.6 is 0 Å². The molecule has 0 amide bonds. The number of aryl methyl sites for hydroxylation is 2. The Balaban J connectivity index is 1.08. The molecule has 3 aliphatic heterocycles. The molecule has 8 rings (SSSR count). The predicted molar refractivity (Wildman–Crippen MR) is 148 cm³/mol. The maximum absolute atomic E-state index is 8.21. The van der Waals surface area contributed by atoms with E-state index in [1.807, 2.05) is 14.0 Å². The molecule has 9 nitrogen and oxygen atoms in total. The fourth-order valence-corrected chi connectivity index (χ4v) is 8.21. The molecule has 204 valence electrons. The SMILES string of the molecule is CNc1c(C(C)=N)nc(C)nc1N1CCc2c(c(C)nn2CC23CCC(N4CC5(COC5)C4)(CC2)CC3)C1. The van der Waals surface area contributed by atoms with Gasteiger partial charge < -0.3 is 20.4 Å². The first-order chi connectivity index (χ1) is 18.2. The van der Waals surface area contributed by atoms with Crippen LogP contribution < -0.4 is 10.2 Å². The Labute approximate surface area is 225 Å². The molecule has 0 radical (unpaired) electrons. The molecule has 0 unspecified atom stereocenters. The summed E-state index contributed by atoms with van der Waals surface area (Å²) in [6, 6.07) is 0. The van der Waals surface area contributed by atoms with E-state index in [0.717, 1.165) is 56.5 Å². The van der Waals surface area contributed by atoms with Gasteiger partial charge in [0.1, 0.15) is 17.2 Å². The van der Waals surface area contributed by atoms with Crippen LogP contribution in [0.4, 0.5) is 11.5 Å². The number of hydrogen-bond acceptors (Lipinski definition) is 8. The molecule has 2 bridgehead atoms. The molecule has 0 aromatic carbocycles. The number of rotatable bonds is 6. The first-order valence-electron chi connectivity index (χ1n) is 14.5. The molecule has 1 spiro atoms. The number of fused-ring (bicyclic) bond motifs is 4. The van der Waals surface area contributed by atoms with Gasteiger partial charge in [-0.25, -0.2) is 9.97 Å². The van der Waals surface area contributed by atoms with Gasteiger partial charge in [0.05, 0.1) is 24.6 Å². The zero-order valence-corrected chi connectivity index (χ0v) is 23.5. The van der Waals surface area contributed by atoms with Crippen molar-refractivity contribution >= 4 is 17.2 Å². The standard InChI is InChI=1S/C29H42N8O/c1-19(30)24-25(31-4)26(33-21(3)32-24)35-12-5-23-22(13-35)20(2)34-37(23)16-27-6-9-29(10-7-27,11-8-27)36-14-28(15-36)17-38-18-28/h30-31H,5-18H2,1-4H3. The molecule has 38 heavy (non-hydrogen) atoms. The van der Waals surface area contributed by atoms with Crippen molar-refractivity contribution in [3.05, 3.63) is 28.5 Å². The van der Waals surface area contributed by atoms with Crippen LogP contribution in [0.15, 0.2) is 0 Å². The summed E-state index contributed by atoms with van der Waals surface area (Å²) < 4.78 is 7.92. The smallest absolute Gasteiger partial charge is 0.156 e. The highest BCUT2D eigenvalue weighted by Crippen LogP contribution is 2.58. The van der Waals surface area contributed by atoms with Gasteiger partial charge in [0, 0.05) is 68.4 Å². The maximum Gasteiger partial charge on any atom is 0.156 e. The third kappa shape index (κ3) is 3.64. The third-order valence-electron chi connectivity index (χ3n) is 10.6. The molecule has 3 saturated carbocycles. The molecule has 2 N–H and O–H groups in total. The molecular formula is C29H42N8O. The Hall–Kier alpha value is -2.52. The number of ether oxygens (including phenoxy) is 1. The average molecular weight is 519 g/mol. The van der Waals surface area contributed by atoms with Gasteiger partial charge in [0.2, 0.25) is 0 Å². The highest BCUT2D eigenvalue weighted by Gasteiger charge is 2.59. The number of anilines is 2. The summed E-state index contributed by atoms with van der Waals surface area (Å²) in [7, 11) is 1.90. The van der Waals surface area contributed by atoms with Gasteiger partial charge in [-0.2, -0.15) is 5.10 Å². The average Bonchev–Trinajstić information content (AvgIpc) is 3.16. The summed E-state index contributed by atoms with van der Waals surface area (Å²) in [5.41, 5.74) is 7.31. The largest absolute Gasteiger partial charge is 0.383 e. The third-order valence-corrected chi connectivity index (χ3v) is 10.6. The van der Waals surface area contributed by atoms with Crippen molar-refractivity contribution in [3.8, 4) is 0 Å². The predicted octanol–water partition coefficient (Wildman–Crippen LogP) is 3.71. The van der Waals surface area contributed by atoms with E-state index in [1.54, 1.807) is 6.92 Å². The molecule has 3 aliphatic carbocycles. The minimum atomic E-state index is 0.409. The van der Waals surface area contributed by atoms with Gasteiger partial charge >= 0.3 is 0 Å². The fraction of sp³-hybridized carbons (Fsp3) is 0.724. The van der Waals surface area contributed by atoms with E-state index in [0.29, 0.717) is 33.6 Å². The summed E-state index contributed by atoms with van der Waals surface area (Å²) >= 11 is 0. The number of hydrogen-bond donors (Lipinski definition) is 2. The van der Waals surface area contributed by atoms with E-state index in [9.17, 15) is 0 Å². The monoisotopic (exact) mass is 518 g/mol. The number of nitrogens with zero attached hydrogens (tertiary/aromatic N) is 6. The summed E-state index contributed by atoms with van der Waals surface area (Å²) in [6.07, 6.45) is 9.05. The summed E-state index contributed by atoms with van der Waals surface area (Å²) in [5, 5.41) is 16.6. The van der Waals surface area contributed by atoms with Gasteiger partial charge in [0.15, 0.2) is 5.82 Å². The van der Waals surface area contributed by atoms with Crippen molar-refractivity contribution in [2.45, 2.75) is 84.3 Å². The molecule has 2 saturated heterocycles. The van der Waals surface area contributed by atoms with Gasteiger partial charge in [0.25, 0.3) is 0 Å². The summed E-state index contributed by atoms with van der Waals surface area (Å²) in [4.78, 5) is 14.5. The van der Waals surface area contributed by atoms with Crippen LogP contribution in [0.25, 0.3) is 0 Å². The number of nitrogens with one attached hydrogen (secondary N) is 2.